The van der Waals surface area contributed by atoms with E-state index in [2.05, 4.69) is 33.3 Å². The van der Waals surface area contributed by atoms with Gasteiger partial charge in [0.2, 0.25) is 0 Å². The van der Waals surface area contributed by atoms with E-state index < -0.39 is 29.5 Å². The minimum Gasteiger partial charge on any atom is -0.372 e. The number of halogens is 6. The maximum Gasteiger partial charge on any atom is 0.416 e. The van der Waals surface area contributed by atoms with E-state index in [0.29, 0.717) is 25.7 Å². The summed E-state index contributed by atoms with van der Waals surface area (Å²) in [5.41, 5.74) is 2.51. The predicted molar refractivity (Wildman–Crippen MR) is 138 cm³/mol. The van der Waals surface area contributed by atoms with Crippen molar-refractivity contribution in [2.24, 2.45) is 7.05 Å². The number of alkyl halides is 6. The fourth-order valence-corrected chi connectivity index (χ4v) is 6.30. The first-order valence-electron chi connectivity index (χ1n) is 13.7. The van der Waals surface area contributed by atoms with Crippen LogP contribution < -0.4 is 9.80 Å². The Morgan fingerprint density at radius 2 is 1.66 bits per heavy atom. The van der Waals surface area contributed by atoms with E-state index in [-0.39, 0.29) is 24.1 Å². The molecule has 1 aromatic heterocycles. The molecule has 1 aliphatic carbocycles. The SMILES string of the molecule is Cc1c2c(cc3c1N(C1CCC1)CCC[C@@H]3N(Cc1cc(C(F)(F)F)cc(C(F)(F)F)c1)c1nnn(C)n1)COC2. The Bertz CT molecular complexity index is 1410. The fraction of sp³-hybridized carbons (Fsp3) is 0.536. The molecule has 0 amide bonds. The number of rotatable bonds is 5. The minimum absolute atomic E-state index is 0.137. The number of aromatic nitrogens is 4. The molecule has 3 aliphatic rings. The number of aryl methyl sites for hydroxylation is 1. The van der Waals surface area contributed by atoms with Gasteiger partial charge >= 0.3 is 12.4 Å². The van der Waals surface area contributed by atoms with Crippen LogP contribution in [0.1, 0.15) is 77.1 Å². The molecule has 0 unspecified atom stereocenters. The van der Waals surface area contributed by atoms with Crippen LogP contribution in [0.25, 0.3) is 0 Å². The van der Waals surface area contributed by atoms with Gasteiger partial charge in [0, 0.05) is 24.8 Å². The molecule has 6 rings (SSSR count). The molecule has 2 aromatic carbocycles. The van der Waals surface area contributed by atoms with E-state index in [1.54, 1.807) is 11.9 Å². The van der Waals surface area contributed by atoms with Crippen molar-refractivity contribution >= 4 is 11.6 Å². The van der Waals surface area contributed by atoms with E-state index in [9.17, 15) is 26.3 Å². The molecule has 220 valence electrons. The second-order valence-electron chi connectivity index (χ2n) is 11.1. The summed E-state index contributed by atoms with van der Waals surface area (Å²) in [5.74, 6) is 0.140. The van der Waals surface area contributed by atoms with Crippen LogP contribution in [0.3, 0.4) is 0 Å². The van der Waals surface area contributed by atoms with Crippen LogP contribution in [-0.2, 0) is 43.9 Å². The first kappa shape index (κ1) is 27.8. The Kier molecular flexibility index (Phi) is 6.90. The van der Waals surface area contributed by atoms with Crippen LogP contribution >= 0.6 is 0 Å². The van der Waals surface area contributed by atoms with Crippen LogP contribution in [-0.4, -0.2) is 32.8 Å². The van der Waals surface area contributed by atoms with E-state index in [1.807, 2.05) is 0 Å². The maximum atomic E-state index is 13.7. The third-order valence-corrected chi connectivity index (χ3v) is 8.47. The van der Waals surface area contributed by atoms with E-state index in [0.717, 1.165) is 72.3 Å². The van der Waals surface area contributed by atoms with Gasteiger partial charge in [0.15, 0.2) is 0 Å². The predicted octanol–water partition coefficient (Wildman–Crippen LogP) is 6.49. The standard InChI is InChI=1S/C28H30F6N6O/c1-16-23-15-41-14-18(23)11-22-24(7-4-8-39(25(16)22)21-5-3-6-21)40(26-35-37-38(2)36-26)13-17-9-19(27(29,30)31)12-20(10-17)28(32,33)34/h9-12,21,24H,3-8,13-15H2,1-2H3/t24-/m0/s1. The highest BCUT2D eigenvalue weighted by molar-refractivity contribution is 5.68. The van der Waals surface area contributed by atoms with Crippen LogP contribution in [0, 0.1) is 6.92 Å². The Morgan fingerprint density at radius 1 is 0.951 bits per heavy atom. The highest BCUT2D eigenvalue weighted by Gasteiger charge is 2.39. The molecule has 0 saturated heterocycles. The van der Waals surface area contributed by atoms with Crippen molar-refractivity contribution in [1.82, 2.24) is 20.2 Å². The average molecular weight is 581 g/mol. The zero-order chi connectivity index (χ0) is 29.1. The molecule has 0 radical (unpaired) electrons. The summed E-state index contributed by atoms with van der Waals surface area (Å²) < 4.78 is 88.0. The Labute approximate surface area is 233 Å². The Morgan fingerprint density at radius 3 is 2.24 bits per heavy atom. The topological polar surface area (TPSA) is 59.3 Å². The molecule has 7 nitrogen and oxygen atoms in total. The summed E-state index contributed by atoms with van der Waals surface area (Å²) >= 11 is 0. The molecular weight excluding hydrogens is 550 g/mol. The Balaban J connectivity index is 1.49. The van der Waals surface area contributed by atoms with Crippen LogP contribution in [0.5, 0.6) is 0 Å². The molecule has 0 bridgehead atoms. The normalized spacial score (nSPS) is 19.5. The van der Waals surface area contributed by atoms with Gasteiger partial charge in [0.1, 0.15) is 0 Å². The summed E-state index contributed by atoms with van der Waals surface area (Å²) in [5, 5.41) is 12.4. The van der Waals surface area contributed by atoms with Gasteiger partial charge < -0.3 is 14.5 Å². The second kappa shape index (κ2) is 10.2. The number of ether oxygens (including phenoxy) is 1. The van der Waals surface area contributed by atoms with E-state index >= 15 is 0 Å². The Hall–Kier alpha value is -3.35. The van der Waals surface area contributed by atoms with Gasteiger partial charge in [-0.25, -0.2) is 0 Å². The second-order valence-corrected chi connectivity index (χ2v) is 11.1. The minimum atomic E-state index is -4.94. The van der Waals surface area contributed by atoms with Crippen molar-refractivity contribution in [2.45, 2.75) is 83.2 Å². The van der Waals surface area contributed by atoms with Crippen molar-refractivity contribution in [2.75, 3.05) is 16.3 Å². The molecule has 1 saturated carbocycles. The third-order valence-electron chi connectivity index (χ3n) is 8.47. The van der Waals surface area contributed by atoms with Gasteiger partial charge in [0.25, 0.3) is 5.95 Å². The summed E-state index contributed by atoms with van der Waals surface area (Å²) in [6, 6.07) is 3.79. The van der Waals surface area contributed by atoms with Crippen molar-refractivity contribution < 1.29 is 31.1 Å². The highest BCUT2D eigenvalue weighted by atomic mass is 19.4. The van der Waals surface area contributed by atoms with Crippen molar-refractivity contribution in [3.8, 4) is 0 Å². The van der Waals surface area contributed by atoms with Crippen molar-refractivity contribution in [3.63, 3.8) is 0 Å². The molecule has 3 aromatic rings. The number of fused-ring (bicyclic) bond motifs is 2. The lowest BCUT2D eigenvalue weighted by molar-refractivity contribution is -0.143. The number of benzene rings is 2. The van der Waals surface area contributed by atoms with Gasteiger partial charge in [-0.1, -0.05) is 5.10 Å². The number of anilines is 2. The first-order valence-corrected chi connectivity index (χ1v) is 13.7. The van der Waals surface area contributed by atoms with Gasteiger partial charge in [-0.05, 0) is 96.3 Å². The molecule has 3 heterocycles. The maximum absolute atomic E-state index is 13.7. The quantitative estimate of drug-likeness (QED) is 0.322. The average Bonchev–Trinajstić information content (AvgIpc) is 3.47. The van der Waals surface area contributed by atoms with Crippen molar-refractivity contribution in [3.05, 3.63) is 63.2 Å². The third kappa shape index (κ3) is 5.24. The number of hydrogen-bond donors (Lipinski definition) is 0. The smallest absolute Gasteiger partial charge is 0.372 e. The monoisotopic (exact) mass is 580 g/mol. The lowest BCUT2D eigenvalue weighted by atomic mass is 9.88. The lowest BCUT2D eigenvalue weighted by Gasteiger charge is -2.41. The van der Waals surface area contributed by atoms with Crippen LogP contribution in [0.2, 0.25) is 0 Å². The van der Waals surface area contributed by atoms with E-state index in [4.69, 9.17) is 4.74 Å². The highest BCUT2D eigenvalue weighted by Crippen LogP contribution is 2.46. The molecule has 0 N–H and O–H groups in total. The number of hydrogen-bond acceptors (Lipinski definition) is 6. The molecular formula is C28H30F6N6O. The van der Waals surface area contributed by atoms with Crippen LogP contribution in [0.4, 0.5) is 38.0 Å². The summed E-state index contributed by atoms with van der Waals surface area (Å²) in [7, 11) is 1.56. The fourth-order valence-electron chi connectivity index (χ4n) is 6.30. The van der Waals surface area contributed by atoms with Crippen molar-refractivity contribution in [1.29, 1.82) is 0 Å². The number of nitrogens with zero attached hydrogens (tertiary/aromatic N) is 6. The van der Waals surface area contributed by atoms with Gasteiger partial charge in [-0.15, -0.1) is 5.10 Å². The van der Waals surface area contributed by atoms with Gasteiger partial charge in [-0.2, -0.15) is 31.1 Å². The summed E-state index contributed by atoms with van der Waals surface area (Å²) in [4.78, 5) is 5.38. The van der Waals surface area contributed by atoms with Crippen LogP contribution in [0.15, 0.2) is 24.3 Å². The summed E-state index contributed by atoms with van der Waals surface area (Å²) in [6.45, 7) is 3.58. The lowest BCUT2D eigenvalue weighted by Crippen LogP contribution is -2.41. The molecule has 0 spiro atoms. The van der Waals surface area contributed by atoms with E-state index in [1.165, 1.54) is 4.80 Å². The molecule has 2 aliphatic heterocycles. The molecule has 41 heavy (non-hydrogen) atoms. The first-order chi connectivity index (χ1) is 19.4. The summed E-state index contributed by atoms with van der Waals surface area (Å²) in [6.07, 6.45) is -5.18. The zero-order valence-electron chi connectivity index (χ0n) is 22.7. The molecule has 13 heteroatoms. The molecule has 1 atom stereocenters. The molecule has 1 fully saturated rings. The zero-order valence-corrected chi connectivity index (χ0v) is 22.7. The van der Waals surface area contributed by atoms with Gasteiger partial charge in [0.05, 0.1) is 37.4 Å². The largest absolute Gasteiger partial charge is 0.416 e. The van der Waals surface area contributed by atoms with Gasteiger partial charge in [-0.3, -0.25) is 0 Å². The number of tetrazole rings is 1.